The minimum atomic E-state index is 0.391. The minimum absolute atomic E-state index is 0.391. The molecule has 0 bridgehead atoms. The highest BCUT2D eigenvalue weighted by molar-refractivity contribution is 7.97. The predicted molar refractivity (Wildman–Crippen MR) is 74.1 cm³/mol. The summed E-state index contributed by atoms with van der Waals surface area (Å²) in [7, 11) is 0. The minimum Gasteiger partial charge on any atom is -0.464 e. The Labute approximate surface area is 109 Å². The summed E-state index contributed by atoms with van der Waals surface area (Å²) >= 11 is 1.79. The fourth-order valence-corrected chi connectivity index (χ4v) is 3.09. The van der Waals surface area contributed by atoms with Crippen LogP contribution in [0.2, 0.25) is 0 Å². The molecule has 1 aromatic rings. The van der Waals surface area contributed by atoms with E-state index >= 15 is 0 Å². The first-order chi connectivity index (χ1) is 7.89. The molecular weight excluding hydrogens is 230 g/mol. The van der Waals surface area contributed by atoms with Crippen molar-refractivity contribution in [2.45, 2.75) is 46.0 Å². The van der Waals surface area contributed by atoms with Crippen LogP contribution in [0.4, 0.5) is 0 Å². The highest BCUT2D eigenvalue weighted by Crippen LogP contribution is 2.62. The van der Waals surface area contributed by atoms with Crippen LogP contribution < -0.4 is 5.32 Å². The van der Waals surface area contributed by atoms with Gasteiger partial charge in [-0.25, -0.2) is 0 Å². The zero-order valence-corrected chi connectivity index (χ0v) is 12.3. The molecule has 0 spiro atoms. The maximum absolute atomic E-state index is 5.76. The van der Waals surface area contributed by atoms with Crippen molar-refractivity contribution in [1.29, 1.82) is 0 Å². The molecule has 3 heteroatoms. The van der Waals surface area contributed by atoms with Gasteiger partial charge in [-0.3, -0.25) is 0 Å². The zero-order valence-electron chi connectivity index (χ0n) is 11.5. The lowest BCUT2D eigenvalue weighted by atomic mass is 10.0. The summed E-state index contributed by atoms with van der Waals surface area (Å²) in [6.45, 7) is 10.1. The summed E-state index contributed by atoms with van der Waals surface area (Å²) in [5.41, 5.74) is 0.781. The van der Waals surface area contributed by atoms with Gasteiger partial charge >= 0.3 is 0 Å². The first-order valence-corrected chi connectivity index (χ1v) is 7.59. The van der Waals surface area contributed by atoms with Gasteiger partial charge in [0.1, 0.15) is 11.5 Å². The van der Waals surface area contributed by atoms with Crippen molar-refractivity contribution in [3.63, 3.8) is 0 Å². The third kappa shape index (κ3) is 2.27. The first kappa shape index (κ1) is 13.0. The van der Waals surface area contributed by atoms with Crippen LogP contribution in [0, 0.1) is 10.8 Å². The topological polar surface area (TPSA) is 25.2 Å². The Hall–Kier alpha value is -0.410. The Morgan fingerprint density at radius 1 is 1.18 bits per heavy atom. The van der Waals surface area contributed by atoms with Gasteiger partial charge in [-0.2, -0.15) is 11.8 Å². The van der Waals surface area contributed by atoms with Gasteiger partial charge in [0.15, 0.2) is 0 Å². The fourth-order valence-electron chi connectivity index (χ4n) is 2.65. The van der Waals surface area contributed by atoms with Crippen LogP contribution in [-0.2, 0) is 12.3 Å². The molecule has 1 heterocycles. The number of rotatable bonds is 5. The van der Waals surface area contributed by atoms with Crippen molar-refractivity contribution in [2.24, 2.45) is 10.8 Å². The standard InChI is InChI=1S/C14H23NOS/c1-13(2)12(14(13,3)4)15-8-10-6-7-11(16-10)9-17-5/h6-7,12,15H,8-9H2,1-5H3. The molecule has 0 amide bonds. The molecule has 2 nitrogen and oxygen atoms in total. The van der Waals surface area contributed by atoms with E-state index in [0.717, 1.165) is 23.8 Å². The van der Waals surface area contributed by atoms with E-state index in [1.54, 1.807) is 11.8 Å². The first-order valence-electron chi connectivity index (χ1n) is 6.19. The van der Waals surface area contributed by atoms with E-state index in [1.807, 2.05) is 0 Å². The molecule has 0 aromatic carbocycles. The molecule has 1 aliphatic carbocycles. The summed E-state index contributed by atoms with van der Waals surface area (Å²) in [5.74, 6) is 3.08. The molecule has 0 unspecified atom stereocenters. The van der Waals surface area contributed by atoms with Gasteiger partial charge in [0.2, 0.25) is 0 Å². The molecule has 0 radical (unpaired) electrons. The van der Waals surface area contributed by atoms with E-state index in [-0.39, 0.29) is 0 Å². The highest BCUT2D eigenvalue weighted by atomic mass is 32.2. The van der Waals surface area contributed by atoms with Gasteiger partial charge in [-0.1, -0.05) is 27.7 Å². The molecule has 0 aliphatic heterocycles. The van der Waals surface area contributed by atoms with E-state index in [2.05, 4.69) is 51.4 Å². The van der Waals surface area contributed by atoms with Gasteiger partial charge in [0.05, 0.1) is 12.3 Å². The second-order valence-corrected chi connectivity index (χ2v) is 6.92. The van der Waals surface area contributed by atoms with Gasteiger partial charge in [-0.05, 0) is 29.2 Å². The number of furan rings is 1. The molecule has 1 aliphatic rings. The molecule has 1 saturated carbocycles. The number of hydrogen-bond acceptors (Lipinski definition) is 3. The van der Waals surface area contributed by atoms with Gasteiger partial charge in [0.25, 0.3) is 0 Å². The summed E-state index contributed by atoms with van der Waals surface area (Å²) in [5, 5.41) is 3.61. The molecule has 17 heavy (non-hydrogen) atoms. The SMILES string of the molecule is CSCc1ccc(CNC2C(C)(C)C2(C)C)o1. The highest BCUT2D eigenvalue weighted by Gasteiger charge is 2.64. The van der Waals surface area contributed by atoms with Crippen molar-refractivity contribution in [3.8, 4) is 0 Å². The average molecular weight is 253 g/mol. The van der Waals surface area contributed by atoms with Crippen molar-refractivity contribution in [2.75, 3.05) is 6.26 Å². The predicted octanol–water partition coefficient (Wildman–Crippen LogP) is 3.67. The third-order valence-corrected chi connectivity index (χ3v) is 5.08. The quantitative estimate of drug-likeness (QED) is 0.867. The average Bonchev–Trinajstić information content (AvgIpc) is 2.59. The molecule has 0 saturated heterocycles. The van der Waals surface area contributed by atoms with Gasteiger partial charge < -0.3 is 9.73 Å². The molecule has 1 fully saturated rings. The lowest BCUT2D eigenvalue weighted by Gasteiger charge is -2.04. The number of hydrogen-bond donors (Lipinski definition) is 1. The Bertz CT molecular complexity index is 381. The molecule has 1 aromatic heterocycles. The normalized spacial score (nSPS) is 21.7. The maximum atomic E-state index is 5.76. The Balaban J connectivity index is 1.87. The summed E-state index contributed by atoms with van der Waals surface area (Å²) < 4.78 is 5.76. The zero-order chi connectivity index (χ0) is 12.7. The van der Waals surface area contributed by atoms with Gasteiger partial charge in [0, 0.05) is 6.04 Å². The number of nitrogens with one attached hydrogen (secondary N) is 1. The maximum Gasteiger partial charge on any atom is 0.118 e. The molecule has 0 atom stereocenters. The summed E-state index contributed by atoms with van der Waals surface area (Å²) in [4.78, 5) is 0. The lowest BCUT2D eigenvalue weighted by molar-refractivity contribution is 0.445. The monoisotopic (exact) mass is 253 g/mol. The second-order valence-electron chi connectivity index (χ2n) is 6.06. The number of thioether (sulfide) groups is 1. The van der Waals surface area contributed by atoms with Crippen molar-refractivity contribution >= 4 is 11.8 Å². The molecular formula is C14H23NOS. The summed E-state index contributed by atoms with van der Waals surface area (Å²) in [6, 6.07) is 4.75. The van der Waals surface area contributed by atoms with E-state index in [4.69, 9.17) is 4.42 Å². The van der Waals surface area contributed by atoms with Crippen LogP contribution >= 0.6 is 11.8 Å². The Kier molecular flexibility index (Phi) is 3.34. The van der Waals surface area contributed by atoms with Crippen LogP contribution in [0.5, 0.6) is 0 Å². The fraction of sp³-hybridized carbons (Fsp3) is 0.714. The van der Waals surface area contributed by atoms with Crippen molar-refractivity contribution in [1.82, 2.24) is 5.32 Å². The lowest BCUT2D eigenvalue weighted by Crippen LogP contribution is -2.21. The van der Waals surface area contributed by atoms with Crippen LogP contribution in [-0.4, -0.2) is 12.3 Å². The Morgan fingerprint density at radius 2 is 1.76 bits per heavy atom. The smallest absolute Gasteiger partial charge is 0.118 e. The van der Waals surface area contributed by atoms with Crippen LogP contribution in [0.3, 0.4) is 0 Å². The van der Waals surface area contributed by atoms with Crippen molar-refractivity contribution < 1.29 is 4.42 Å². The van der Waals surface area contributed by atoms with E-state index in [1.165, 1.54) is 0 Å². The summed E-state index contributed by atoms with van der Waals surface area (Å²) in [6.07, 6.45) is 2.09. The van der Waals surface area contributed by atoms with Crippen LogP contribution in [0.1, 0.15) is 39.2 Å². The van der Waals surface area contributed by atoms with E-state index in [0.29, 0.717) is 16.9 Å². The largest absolute Gasteiger partial charge is 0.464 e. The van der Waals surface area contributed by atoms with E-state index in [9.17, 15) is 0 Å². The Morgan fingerprint density at radius 3 is 2.29 bits per heavy atom. The van der Waals surface area contributed by atoms with Crippen LogP contribution in [0.15, 0.2) is 16.5 Å². The van der Waals surface area contributed by atoms with E-state index < -0.39 is 0 Å². The van der Waals surface area contributed by atoms with Crippen molar-refractivity contribution in [3.05, 3.63) is 23.7 Å². The molecule has 1 N–H and O–H groups in total. The van der Waals surface area contributed by atoms with Crippen LogP contribution in [0.25, 0.3) is 0 Å². The van der Waals surface area contributed by atoms with Gasteiger partial charge in [-0.15, -0.1) is 0 Å². The second kappa shape index (κ2) is 4.36. The molecule has 96 valence electrons. The molecule has 2 rings (SSSR count). The third-order valence-electron chi connectivity index (χ3n) is 4.51.